The number of carbonyl (C=O) groups is 3. The number of amides is 2. The van der Waals surface area contributed by atoms with Crippen LogP contribution >= 0.6 is 0 Å². The number of imidazole rings is 1. The molecule has 1 aromatic heterocycles. The Morgan fingerprint density at radius 3 is 2.14 bits per heavy atom. The van der Waals surface area contributed by atoms with Gasteiger partial charge in [0, 0.05) is 13.2 Å². The average Bonchev–Trinajstić information content (AvgIpc) is 2.93. The van der Waals surface area contributed by atoms with Crippen molar-refractivity contribution in [2.24, 2.45) is 7.05 Å². The Hall–Kier alpha value is -3.16. The van der Waals surface area contributed by atoms with Crippen LogP contribution in [-0.2, 0) is 11.9 Å². The van der Waals surface area contributed by atoms with Crippen LogP contribution in [0.25, 0.3) is 0 Å². The summed E-state index contributed by atoms with van der Waals surface area (Å²) in [6, 6.07) is 6.14. The van der Waals surface area contributed by atoms with Crippen molar-refractivity contribution < 1.29 is 19.2 Å². The Balaban J connectivity index is 1.89. The molecule has 0 atom stereocenters. The maximum Gasteiger partial charge on any atom is 0.381 e. The van der Waals surface area contributed by atoms with E-state index in [1.54, 1.807) is 12.1 Å². The van der Waals surface area contributed by atoms with Crippen molar-refractivity contribution >= 4 is 17.8 Å². The van der Waals surface area contributed by atoms with Crippen LogP contribution in [0.15, 0.2) is 35.3 Å². The van der Waals surface area contributed by atoms with Gasteiger partial charge in [-0.1, -0.05) is 17.2 Å². The molecule has 106 valence electrons. The van der Waals surface area contributed by atoms with E-state index in [1.165, 1.54) is 19.2 Å². The number of rotatable bonds is 2. The highest BCUT2D eigenvalue weighted by Crippen LogP contribution is 2.23. The molecular formula is C13H9N3O5. The van der Waals surface area contributed by atoms with Crippen molar-refractivity contribution in [2.45, 2.75) is 0 Å². The maximum absolute atomic E-state index is 12.0. The zero-order valence-electron chi connectivity index (χ0n) is 10.8. The second kappa shape index (κ2) is 4.44. The van der Waals surface area contributed by atoms with E-state index in [9.17, 15) is 19.2 Å². The molecule has 2 heterocycles. The van der Waals surface area contributed by atoms with Gasteiger partial charge < -0.3 is 9.82 Å². The lowest BCUT2D eigenvalue weighted by Gasteiger charge is -2.12. The summed E-state index contributed by atoms with van der Waals surface area (Å²) < 4.78 is 1.01. The maximum atomic E-state index is 12.0. The second-order valence-electron chi connectivity index (χ2n) is 4.37. The number of aromatic amines is 1. The number of benzene rings is 1. The van der Waals surface area contributed by atoms with Crippen molar-refractivity contribution in [3.63, 3.8) is 0 Å². The summed E-state index contributed by atoms with van der Waals surface area (Å²) in [5.74, 6) is -2.42. The van der Waals surface area contributed by atoms with Gasteiger partial charge in [-0.25, -0.2) is 9.59 Å². The molecule has 0 radical (unpaired) electrons. The first-order chi connectivity index (χ1) is 10.0. The molecule has 1 aromatic carbocycles. The van der Waals surface area contributed by atoms with Crippen LogP contribution in [0.2, 0.25) is 0 Å². The standard InChI is InChI=1S/C13H9N3O5/c1-15-9(6-14-13(15)20)12(19)21-16-10(17)7-4-2-3-5-8(7)11(16)18/h2-6H,1H3,(H,14,20). The Morgan fingerprint density at radius 1 is 1.10 bits per heavy atom. The first-order valence-corrected chi connectivity index (χ1v) is 5.95. The third kappa shape index (κ3) is 1.84. The summed E-state index contributed by atoms with van der Waals surface area (Å²) in [5.41, 5.74) is -0.280. The minimum Gasteiger partial charge on any atom is -0.323 e. The number of H-pyrrole nitrogens is 1. The van der Waals surface area contributed by atoms with Crippen molar-refractivity contribution in [2.75, 3.05) is 0 Å². The van der Waals surface area contributed by atoms with Crippen LogP contribution in [0.4, 0.5) is 0 Å². The van der Waals surface area contributed by atoms with E-state index in [4.69, 9.17) is 4.84 Å². The van der Waals surface area contributed by atoms with Crippen LogP contribution in [-0.4, -0.2) is 32.4 Å². The number of nitrogens with zero attached hydrogens (tertiary/aromatic N) is 2. The molecule has 0 saturated carbocycles. The molecule has 0 aliphatic carbocycles. The molecule has 21 heavy (non-hydrogen) atoms. The van der Waals surface area contributed by atoms with Crippen LogP contribution in [0.5, 0.6) is 0 Å². The van der Waals surface area contributed by atoms with E-state index < -0.39 is 23.5 Å². The minimum absolute atomic E-state index is 0.100. The number of fused-ring (bicyclic) bond motifs is 1. The molecule has 1 N–H and O–H groups in total. The molecule has 2 aromatic rings. The predicted octanol–water partition coefficient (Wildman–Crippen LogP) is 0.0814. The number of hydrogen-bond acceptors (Lipinski definition) is 5. The van der Waals surface area contributed by atoms with Crippen LogP contribution in [0.3, 0.4) is 0 Å². The smallest absolute Gasteiger partial charge is 0.323 e. The number of aromatic nitrogens is 2. The Bertz CT molecular complexity index is 797. The predicted molar refractivity (Wildman–Crippen MR) is 68.4 cm³/mol. The highest BCUT2D eigenvalue weighted by Gasteiger charge is 2.39. The third-order valence-electron chi connectivity index (χ3n) is 3.14. The Morgan fingerprint density at radius 2 is 1.67 bits per heavy atom. The number of carbonyl (C=O) groups excluding carboxylic acids is 3. The molecule has 0 fully saturated rings. The van der Waals surface area contributed by atoms with E-state index in [1.807, 2.05) is 0 Å². The molecular weight excluding hydrogens is 278 g/mol. The van der Waals surface area contributed by atoms with Crippen molar-refractivity contribution in [1.82, 2.24) is 14.6 Å². The first-order valence-electron chi connectivity index (χ1n) is 5.95. The van der Waals surface area contributed by atoms with E-state index in [0.717, 1.165) is 10.8 Å². The lowest BCUT2D eigenvalue weighted by Crippen LogP contribution is -2.33. The number of imide groups is 1. The zero-order valence-corrected chi connectivity index (χ0v) is 10.8. The molecule has 0 spiro atoms. The highest BCUT2D eigenvalue weighted by molar-refractivity contribution is 6.21. The number of hydroxylamine groups is 2. The van der Waals surface area contributed by atoms with Gasteiger partial charge in [0.05, 0.1) is 11.1 Å². The molecule has 0 unspecified atom stereocenters. The van der Waals surface area contributed by atoms with Crippen LogP contribution < -0.4 is 5.69 Å². The highest BCUT2D eigenvalue weighted by atomic mass is 16.7. The molecule has 0 bridgehead atoms. The molecule has 1 aliphatic rings. The van der Waals surface area contributed by atoms with E-state index in [2.05, 4.69) is 4.98 Å². The topological polar surface area (TPSA) is 101 Å². The second-order valence-corrected chi connectivity index (χ2v) is 4.37. The summed E-state index contributed by atoms with van der Waals surface area (Å²) in [6.07, 6.45) is 1.14. The molecule has 0 saturated heterocycles. The molecule has 8 heteroatoms. The number of hydrogen-bond donors (Lipinski definition) is 1. The van der Waals surface area contributed by atoms with Gasteiger partial charge in [0.1, 0.15) is 5.69 Å². The van der Waals surface area contributed by atoms with Crippen molar-refractivity contribution in [1.29, 1.82) is 0 Å². The third-order valence-corrected chi connectivity index (χ3v) is 3.14. The summed E-state index contributed by atoms with van der Waals surface area (Å²) in [7, 11) is 1.36. The van der Waals surface area contributed by atoms with Gasteiger partial charge in [-0.3, -0.25) is 14.2 Å². The molecule has 1 aliphatic heterocycles. The fraction of sp³-hybridized carbons (Fsp3) is 0.0769. The molecule has 2 amide bonds. The van der Waals surface area contributed by atoms with Gasteiger partial charge in [0.25, 0.3) is 11.8 Å². The lowest BCUT2D eigenvalue weighted by atomic mass is 10.1. The Labute approximate surface area is 117 Å². The fourth-order valence-corrected chi connectivity index (χ4v) is 2.01. The van der Waals surface area contributed by atoms with Gasteiger partial charge in [-0.2, -0.15) is 0 Å². The summed E-state index contributed by atoms with van der Waals surface area (Å²) in [4.78, 5) is 54.3. The minimum atomic E-state index is -0.981. The normalized spacial score (nSPS) is 13.5. The monoisotopic (exact) mass is 287 g/mol. The molecule has 3 rings (SSSR count). The summed E-state index contributed by atoms with van der Waals surface area (Å²) in [6.45, 7) is 0. The summed E-state index contributed by atoms with van der Waals surface area (Å²) in [5, 5.41) is 0.393. The van der Waals surface area contributed by atoms with Crippen LogP contribution in [0, 0.1) is 0 Å². The van der Waals surface area contributed by atoms with Crippen molar-refractivity contribution in [3.05, 3.63) is 57.8 Å². The summed E-state index contributed by atoms with van der Waals surface area (Å²) >= 11 is 0. The van der Waals surface area contributed by atoms with Gasteiger partial charge >= 0.3 is 11.7 Å². The van der Waals surface area contributed by atoms with Gasteiger partial charge in [0.15, 0.2) is 0 Å². The van der Waals surface area contributed by atoms with Crippen molar-refractivity contribution in [3.8, 4) is 0 Å². The van der Waals surface area contributed by atoms with E-state index in [0.29, 0.717) is 5.06 Å². The van der Waals surface area contributed by atoms with Gasteiger partial charge in [-0.15, -0.1) is 0 Å². The Kier molecular flexibility index (Phi) is 2.72. The quantitative estimate of drug-likeness (QED) is 0.788. The lowest BCUT2D eigenvalue weighted by molar-refractivity contribution is -0.0591. The van der Waals surface area contributed by atoms with Gasteiger partial charge in [-0.05, 0) is 12.1 Å². The zero-order chi connectivity index (χ0) is 15.1. The first kappa shape index (κ1) is 12.9. The molecule has 8 nitrogen and oxygen atoms in total. The SMILES string of the molecule is Cn1c(C(=O)ON2C(=O)c3ccccc3C2=O)c[nH]c1=O. The van der Waals surface area contributed by atoms with E-state index in [-0.39, 0.29) is 16.8 Å². The van der Waals surface area contributed by atoms with Crippen LogP contribution in [0.1, 0.15) is 31.2 Å². The number of nitrogens with one attached hydrogen (secondary N) is 1. The van der Waals surface area contributed by atoms with Gasteiger partial charge in [0.2, 0.25) is 0 Å². The van der Waals surface area contributed by atoms with E-state index >= 15 is 0 Å². The fourth-order valence-electron chi connectivity index (χ4n) is 2.01. The largest absolute Gasteiger partial charge is 0.381 e. The average molecular weight is 287 g/mol.